The Bertz CT molecular complexity index is 695. The molecule has 4 N–H and O–H groups in total. The van der Waals surface area contributed by atoms with Crippen LogP contribution in [0.5, 0.6) is 0 Å². The molecule has 1 saturated heterocycles. The SMILES string of the molecule is CC1(C)OCC(C)(C)[C@H](C(=O)NCCC(N)CCSC(CC(=O)O)C(=O)OCC[N+](C)(C)C)O1. The van der Waals surface area contributed by atoms with Crippen LogP contribution in [0.4, 0.5) is 0 Å². The Morgan fingerprint density at radius 2 is 1.85 bits per heavy atom. The predicted molar refractivity (Wildman–Crippen MR) is 131 cm³/mol. The van der Waals surface area contributed by atoms with Crippen molar-refractivity contribution in [2.75, 3.05) is 53.2 Å². The highest BCUT2D eigenvalue weighted by Gasteiger charge is 2.45. The summed E-state index contributed by atoms with van der Waals surface area (Å²) in [5.41, 5.74) is 5.73. The highest BCUT2D eigenvalue weighted by Crippen LogP contribution is 2.34. The average molecular weight is 507 g/mol. The van der Waals surface area contributed by atoms with Gasteiger partial charge in [-0.3, -0.25) is 14.4 Å². The largest absolute Gasteiger partial charge is 0.481 e. The van der Waals surface area contributed by atoms with Crippen LogP contribution in [0.25, 0.3) is 0 Å². The van der Waals surface area contributed by atoms with Crippen molar-refractivity contribution in [3.63, 3.8) is 0 Å². The molecule has 0 aliphatic carbocycles. The van der Waals surface area contributed by atoms with Gasteiger partial charge in [0.1, 0.15) is 24.5 Å². The lowest BCUT2D eigenvalue weighted by atomic mass is 9.85. The molecular weight excluding hydrogens is 462 g/mol. The first-order valence-corrected chi connectivity index (χ1v) is 12.7. The number of carboxylic acids is 1. The summed E-state index contributed by atoms with van der Waals surface area (Å²) in [5.74, 6) is -2.05. The van der Waals surface area contributed by atoms with E-state index in [1.54, 1.807) is 13.8 Å². The van der Waals surface area contributed by atoms with Crippen molar-refractivity contribution in [1.82, 2.24) is 5.32 Å². The van der Waals surface area contributed by atoms with Crippen LogP contribution in [0.15, 0.2) is 0 Å². The zero-order valence-electron chi connectivity index (χ0n) is 21.7. The summed E-state index contributed by atoms with van der Waals surface area (Å²) in [5, 5.41) is 11.3. The maximum absolute atomic E-state index is 12.7. The van der Waals surface area contributed by atoms with Gasteiger partial charge in [-0.25, -0.2) is 0 Å². The number of nitrogens with two attached hydrogens (primary N) is 1. The number of hydrogen-bond acceptors (Lipinski definition) is 8. The number of quaternary nitrogens is 1. The number of nitrogens with zero attached hydrogens (tertiary/aromatic N) is 1. The summed E-state index contributed by atoms with van der Waals surface area (Å²) in [6.45, 7) is 9.12. The summed E-state index contributed by atoms with van der Waals surface area (Å²) < 4.78 is 17.4. The first kappa shape index (κ1) is 30.6. The van der Waals surface area contributed by atoms with Gasteiger partial charge in [-0.05, 0) is 32.4 Å². The lowest BCUT2D eigenvalue weighted by molar-refractivity contribution is -0.870. The van der Waals surface area contributed by atoms with Crippen molar-refractivity contribution < 1.29 is 38.2 Å². The Morgan fingerprint density at radius 1 is 1.21 bits per heavy atom. The minimum atomic E-state index is -1.05. The number of likely N-dealkylation sites (N-methyl/N-ethyl adjacent to an activating group) is 1. The minimum absolute atomic E-state index is 0.193. The van der Waals surface area contributed by atoms with Crippen LogP contribution in [0.3, 0.4) is 0 Å². The molecule has 11 heteroatoms. The molecule has 10 nitrogen and oxygen atoms in total. The molecule has 1 aliphatic rings. The lowest BCUT2D eigenvalue weighted by Crippen LogP contribution is -2.56. The molecular formula is C23H44N3O7S+. The first-order chi connectivity index (χ1) is 15.5. The van der Waals surface area contributed by atoms with Crippen LogP contribution >= 0.6 is 11.8 Å². The third-order valence-corrected chi connectivity index (χ3v) is 6.63. The Hall–Kier alpha value is -1.40. The van der Waals surface area contributed by atoms with Gasteiger partial charge in [0, 0.05) is 18.0 Å². The summed E-state index contributed by atoms with van der Waals surface area (Å²) in [4.78, 5) is 36.1. The van der Waals surface area contributed by atoms with Crippen molar-refractivity contribution in [1.29, 1.82) is 0 Å². The highest BCUT2D eigenvalue weighted by molar-refractivity contribution is 8.00. The fourth-order valence-corrected chi connectivity index (χ4v) is 4.37. The average Bonchev–Trinajstić information content (AvgIpc) is 2.68. The normalized spacial score (nSPS) is 21.4. The molecule has 0 bridgehead atoms. The number of hydrogen-bond donors (Lipinski definition) is 3. The van der Waals surface area contributed by atoms with Gasteiger partial charge >= 0.3 is 11.9 Å². The van der Waals surface area contributed by atoms with Gasteiger partial charge in [0.25, 0.3) is 0 Å². The second-order valence-electron chi connectivity index (χ2n) is 10.9. The van der Waals surface area contributed by atoms with Crippen molar-refractivity contribution >= 4 is 29.6 Å². The first-order valence-electron chi connectivity index (χ1n) is 11.7. The van der Waals surface area contributed by atoms with E-state index in [9.17, 15) is 14.4 Å². The molecule has 0 saturated carbocycles. The molecule has 0 spiro atoms. The van der Waals surface area contributed by atoms with Crippen molar-refractivity contribution in [3.8, 4) is 0 Å². The van der Waals surface area contributed by atoms with Crippen molar-refractivity contribution in [2.24, 2.45) is 11.1 Å². The third-order valence-electron chi connectivity index (χ3n) is 5.39. The number of amides is 1. The van der Waals surface area contributed by atoms with E-state index in [1.807, 2.05) is 35.0 Å². The van der Waals surface area contributed by atoms with Crippen LogP contribution in [0, 0.1) is 5.41 Å². The number of carbonyl (C=O) groups excluding carboxylic acids is 2. The Morgan fingerprint density at radius 3 is 2.44 bits per heavy atom. The van der Waals surface area contributed by atoms with Gasteiger partial charge in [-0.1, -0.05) is 13.8 Å². The van der Waals surface area contributed by atoms with Gasteiger partial charge < -0.3 is 34.9 Å². The van der Waals surface area contributed by atoms with E-state index in [1.165, 1.54) is 11.8 Å². The van der Waals surface area contributed by atoms with E-state index >= 15 is 0 Å². The lowest BCUT2D eigenvalue weighted by Gasteiger charge is -2.44. The van der Waals surface area contributed by atoms with Crippen molar-refractivity contribution in [2.45, 2.75) is 70.1 Å². The summed E-state index contributed by atoms with van der Waals surface area (Å²) in [6.07, 6.45) is 0.213. The predicted octanol–water partition coefficient (Wildman–Crippen LogP) is 1.21. The third kappa shape index (κ3) is 11.8. The smallest absolute Gasteiger partial charge is 0.319 e. The van der Waals surface area contributed by atoms with E-state index in [0.717, 1.165) is 0 Å². The second-order valence-corrected chi connectivity index (χ2v) is 12.3. The van der Waals surface area contributed by atoms with E-state index in [4.69, 9.17) is 25.1 Å². The number of carbonyl (C=O) groups is 3. The summed E-state index contributed by atoms with van der Waals surface area (Å²) >= 11 is 1.24. The molecule has 0 aromatic heterocycles. The maximum Gasteiger partial charge on any atom is 0.319 e. The number of carboxylic acid groups (broad SMARTS) is 1. The molecule has 0 aromatic carbocycles. The fourth-order valence-electron chi connectivity index (χ4n) is 3.18. The quantitative estimate of drug-likeness (QED) is 0.234. The molecule has 0 radical (unpaired) electrons. The van der Waals surface area contributed by atoms with Crippen molar-refractivity contribution in [3.05, 3.63) is 0 Å². The Kier molecular flexibility index (Phi) is 11.8. The van der Waals surface area contributed by atoms with Crippen LogP contribution < -0.4 is 11.1 Å². The summed E-state index contributed by atoms with van der Waals surface area (Å²) in [7, 11) is 5.96. The number of thioether (sulfide) groups is 1. The zero-order chi connectivity index (χ0) is 26.2. The molecule has 2 unspecified atom stereocenters. The number of nitrogens with one attached hydrogen (secondary N) is 1. The zero-order valence-corrected chi connectivity index (χ0v) is 22.5. The number of ether oxygens (including phenoxy) is 3. The number of aliphatic carboxylic acids is 1. The molecule has 1 fully saturated rings. The molecule has 198 valence electrons. The molecule has 1 aliphatic heterocycles. The van der Waals surface area contributed by atoms with Crippen LogP contribution in [-0.2, 0) is 28.6 Å². The number of rotatable bonds is 14. The second kappa shape index (κ2) is 13.1. The van der Waals surface area contributed by atoms with Gasteiger partial charge in [-0.2, -0.15) is 0 Å². The highest BCUT2D eigenvalue weighted by atomic mass is 32.2. The van der Waals surface area contributed by atoms with Gasteiger partial charge in [-0.15, -0.1) is 11.8 Å². The molecule has 34 heavy (non-hydrogen) atoms. The summed E-state index contributed by atoms with van der Waals surface area (Å²) in [6, 6.07) is -0.201. The molecule has 1 rings (SSSR count). The Balaban J connectivity index is 2.40. The van der Waals surface area contributed by atoms with E-state index in [2.05, 4.69) is 5.32 Å². The van der Waals surface area contributed by atoms with Gasteiger partial charge in [0.15, 0.2) is 5.79 Å². The van der Waals surface area contributed by atoms with Gasteiger partial charge in [0.05, 0.1) is 34.2 Å². The Labute approximate surface area is 207 Å². The van der Waals surface area contributed by atoms with E-state index in [0.29, 0.717) is 42.8 Å². The van der Waals surface area contributed by atoms with Crippen LogP contribution in [0.2, 0.25) is 0 Å². The fraction of sp³-hybridized carbons (Fsp3) is 0.870. The standard InChI is InChI=1S/C23H43N3O7S/c1-22(2)15-32-23(3,4)33-19(22)20(29)25-10-8-16(24)9-13-34-17(14-18(27)28)21(30)31-12-11-26(5,6)7/h16-17,19H,8-15,24H2,1-7H3,(H-,25,27,28,29)/p+1/t16?,17?,19-/m0/s1. The van der Waals surface area contributed by atoms with E-state index < -0.39 is 34.5 Å². The van der Waals surface area contributed by atoms with Crippen LogP contribution in [0.1, 0.15) is 47.0 Å². The maximum atomic E-state index is 12.7. The molecule has 1 amide bonds. The number of esters is 1. The molecule has 3 atom stereocenters. The van der Waals surface area contributed by atoms with E-state index in [-0.39, 0.29) is 25.0 Å². The van der Waals surface area contributed by atoms with Gasteiger partial charge in [0.2, 0.25) is 5.91 Å². The monoisotopic (exact) mass is 506 g/mol. The molecule has 1 heterocycles. The molecule has 0 aromatic rings. The van der Waals surface area contributed by atoms with Crippen LogP contribution in [-0.4, -0.2) is 104 Å². The minimum Gasteiger partial charge on any atom is -0.481 e. The topological polar surface area (TPSA) is 137 Å².